The van der Waals surface area contributed by atoms with Crippen molar-refractivity contribution in [3.63, 3.8) is 0 Å². The largest absolute Gasteiger partial charge is 0.494 e. The van der Waals surface area contributed by atoms with Gasteiger partial charge in [0.25, 0.3) is 0 Å². The fourth-order valence-electron chi connectivity index (χ4n) is 2.22. The third-order valence-corrected chi connectivity index (χ3v) is 3.47. The number of rotatable bonds is 10. The van der Waals surface area contributed by atoms with Crippen LogP contribution in [0.4, 0.5) is 5.69 Å². The van der Waals surface area contributed by atoms with E-state index >= 15 is 0 Å². The second-order valence-electron chi connectivity index (χ2n) is 6.23. The summed E-state index contributed by atoms with van der Waals surface area (Å²) in [5.74, 6) is 0.196. The highest BCUT2D eigenvalue weighted by Gasteiger charge is 2.17. The number of anilines is 1. The molecular formula is C18H29NO3. The first-order valence-corrected chi connectivity index (χ1v) is 8.14. The summed E-state index contributed by atoms with van der Waals surface area (Å²) in [7, 11) is 0. The number of hydrogen-bond acceptors (Lipinski definition) is 3. The average Bonchev–Trinajstić information content (AvgIpc) is 2.47. The summed E-state index contributed by atoms with van der Waals surface area (Å²) in [6, 6.07) is 7.95. The topological polar surface area (TPSA) is 49.8 Å². The first-order valence-electron chi connectivity index (χ1n) is 8.14. The molecule has 0 fully saturated rings. The Morgan fingerprint density at radius 1 is 1.18 bits per heavy atom. The molecule has 1 aromatic rings. The average molecular weight is 307 g/mol. The molecule has 4 nitrogen and oxygen atoms in total. The molecule has 22 heavy (non-hydrogen) atoms. The highest BCUT2D eigenvalue weighted by molar-refractivity contribution is 5.70. The van der Waals surface area contributed by atoms with Crippen LogP contribution in [-0.2, 0) is 4.79 Å². The summed E-state index contributed by atoms with van der Waals surface area (Å²) in [6.07, 6.45) is 2.17. The Hall–Kier alpha value is -1.71. The van der Waals surface area contributed by atoms with Crippen molar-refractivity contribution in [2.45, 2.75) is 40.5 Å². The normalized spacial score (nSPS) is 12.2. The molecule has 1 aromatic carbocycles. The molecule has 0 radical (unpaired) electrons. The summed E-state index contributed by atoms with van der Waals surface area (Å²) in [4.78, 5) is 13.2. The van der Waals surface area contributed by atoms with E-state index in [-0.39, 0.29) is 5.92 Å². The lowest BCUT2D eigenvalue weighted by Gasteiger charge is -2.28. The minimum atomic E-state index is -0.756. The number of hydrogen-bond donors (Lipinski definition) is 1. The van der Waals surface area contributed by atoms with Gasteiger partial charge in [-0.25, -0.2) is 0 Å². The Labute approximate surface area is 134 Å². The van der Waals surface area contributed by atoms with Gasteiger partial charge in [0.1, 0.15) is 5.75 Å². The van der Waals surface area contributed by atoms with Crippen LogP contribution in [0, 0.1) is 11.8 Å². The Morgan fingerprint density at radius 3 is 2.32 bits per heavy atom. The Balaban J connectivity index is 2.74. The van der Waals surface area contributed by atoms with Crippen LogP contribution < -0.4 is 9.64 Å². The number of benzene rings is 1. The maximum atomic E-state index is 11.1. The Morgan fingerprint density at radius 2 is 1.82 bits per heavy atom. The number of nitrogens with zero attached hydrogens (tertiary/aromatic N) is 1. The van der Waals surface area contributed by atoms with Crippen molar-refractivity contribution >= 4 is 11.7 Å². The van der Waals surface area contributed by atoms with Crippen LogP contribution in [0.3, 0.4) is 0 Å². The van der Waals surface area contributed by atoms with E-state index in [2.05, 4.69) is 25.7 Å². The number of aliphatic carboxylic acids is 1. The van der Waals surface area contributed by atoms with Crippen molar-refractivity contribution in [1.82, 2.24) is 0 Å². The molecule has 0 spiro atoms. The van der Waals surface area contributed by atoms with Gasteiger partial charge in [-0.3, -0.25) is 4.79 Å². The number of ether oxygens (including phenoxy) is 1. The molecular weight excluding hydrogens is 278 g/mol. The molecule has 4 heteroatoms. The number of unbranched alkanes of at least 4 members (excludes halogenated alkanes) is 1. The molecule has 1 rings (SSSR count). The fraction of sp³-hybridized carbons (Fsp3) is 0.611. The van der Waals surface area contributed by atoms with Crippen LogP contribution >= 0.6 is 0 Å². The van der Waals surface area contributed by atoms with Gasteiger partial charge in [0.15, 0.2) is 0 Å². The van der Waals surface area contributed by atoms with Gasteiger partial charge in [-0.05, 0) is 36.6 Å². The molecule has 0 saturated heterocycles. The van der Waals surface area contributed by atoms with Crippen LogP contribution in [0.1, 0.15) is 40.5 Å². The van der Waals surface area contributed by atoms with E-state index in [0.29, 0.717) is 12.5 Å². The lowest BCUT2D eigenvalue weighted by atomic mass is 10.1. The van der Waals surface area contributed by atoms with E-state index in [1.54, 1.807) is 6.92 Å². The molecule has 1 unspecified atom stereocenters. The first kappa shape index (κ1) is 18.3. The lowest BCUT2D eigenvalue weighted by Crippen LogP contribution is -2.34. The number of carboxylic acid groups (broad SMARTS) is 1. The number of carbonyl (C=O) groups is 1. The van der Waals surface area contributed by atoms with Gasteiger partial charge in [0.05, 0.1) is 12.5 Å². The standard InChI is InChI=1S/C18H29NO3/c1-5-6-11-22-17-9-7-16(8-10-17)19(12-14(2)3)13-15(4)18(20)21/h7-10,14-15H,5-6,11-13H2,1-4H3,(H,20,21). The van der Waals surface area contributed by atoms with Crippen LogP contribution in [0.2, 0.25) is 0 Å². The maximum Gasteiger partial charge on any atom is 0.308 e. The van der Waals surface area contributed by atoms with Gasteiger partial charge in [-0.1, -0.05) is 34.1 Å². The van der Waals surface area contributed by atoms with Gasteiger partial charge in [-0.15, -0.1) is 0 Å². The summed E-state index contributed by atoms with van der Waals surface area (Å²) < 4.78 is 5.67. The van der Waals surface area contributed by atoms with Gasteiger partial charge in [0.2, 0.25) is 0 Å². The molecule has 124 valence electrons. The minimum absolute atomic E-state index is 0.390. The van der Waals surface area contributed by atoms with E-state index in [9.17, 15) is 4.79 Å². The molecule has 1 atom stereocenters. The zero-order valence-electron chi connectivity index (χ0n) is 14.2. The van der Waals surface area contributed by atoms with Crippen molar-refractivity contribution in [2.75, 3.05) is 24.6 Å². The van der Waals surface area contributed by atoms with Crippen LogP contribution in [0.25, 0.3) is 0 Å². The van der Waals surface area contributed by atoms with Gasteiger partial charge < -0.3 is 14.7 Å². The van der Waals surface area contributed by atoms with Crippen molar-refractivity contribution in [1.29, 1.82) is 0 Å². The summed E-state index contributed by atoms with van der Waals surface area (Å²) in [6.45, 7) is 10.3. The van der Waals surface area contributed by atoms with Crippen LogP contribution in [-0.4, -0.2) is 30.8 Å². The second-order valence-corrected chi connectivity index (χ2v) is 6.23. The van der Waals surface area contributed by atoms with Crippen molar-refractivity contribution in [3.8, 4) is 5.75 Å². The second kappa shape index (κ2) is 9.34. The van der Waals surface area contributed by atoms with E-state index in [4.69, 9.17) is 9.84 Å². The molecule has 0 aromatic heterocycles. The first-order chi connectivity index (χ1) is 10.4. The van der Waals surface area contributed by atoms with Crippen molar-refractivity contribution in [3.05, 3.63) is 24.3 Å². The third kappa shape index (κ3) is 6.37. The Bertz CT molecular complexity index is 442. The minimum Gasteiger partial charge on any atom is -0.494 e. The highest BCUT2D eigenvalue weighted by atomic mass is 16.5. The van der Waals surface area contributed by atoms with Crippen molar-refractivity contribution in [2.24, 2.45) is 11.8 Å². The smallest absolute Gasteiger partial charge is 0.308 e. The third-order valence-electron chi connectivity index (χ3n) is 3.47. The Kier molecular flexibility index (Phi) is 7.78. The predicted molar refractivity (Wildman–Crippen MR) is 90.7 cm³/mol. The van der Waals surface area contributed by atoms with Gasteiger partial charge >= 0.3 is 5.97 Å². The van der Waals surface area contributed by atoms with Gasteiger partial charge in [0, 0.05) is 18.8 Å². The van der Waals surface area contributed by atoms with E-state index in [0.717, 1.165) is 37.4 Å². The highest BCUT2D eigenvalue weighted by Crippen LogP contribution is 2.22. The molecule has 0 bridgehead atoms. The maximum absolute atomic E-state index is 11.1. The zero-order chi connectivity index (χ0) is 16.5. The monoisotopic (exact) mass is 307 g/mol. The molecule has 0 aliphatic heterocycles. The van der Waals surface area contributed by atoms with Gasteiger partial charge in [-0.2, -0.15) is 0 Å². The lowest BCUT2D eigenvalue weighted by molar-refractivity contribution is -0.140. The molecule has 0 aliphatic carbocycles. The van der Waals surface area contributed by atoms with Crippen LogP contribution in [0.15, 0.2) is 24.3 Å². The SMILES string of the molecule is CCCCOc1ccc(N(CC(C)C)CC(C)C(=O)O)cc1. The molecule has 0 amide bonds. The molecule has 0 aliphatic rings. The van der Waals surface area contributed by atoms with E-state index < -0.39 is 5.97 Å². The summed E-state index contributed by atoms with van der Waals surface area (Å²) >= 11 is 0. The fourth-order valence-corrected chi connectivity index (χ4v) is 2.22. The van der Waals surface area contributed by atoms with Crippen molar-refractivity contribution < 1.29 is 14.6 Å². The van der Waals surface area contributed by atoms with E-state index in [1.165, 1.54) is 0 Å². The zero-order valence-corrected chi connectivity index (χ0v) is 14.2. The number of carboxylic acids is 1. The predicted octanol–water partition coefficient (Wildman–Crippen LogP) is 4.05. The summed E-state index contributed by atoms with van der Waals surface area (Å²) in [5.41, 5.74) is 1.05. The molecule has 0 saturated carbocycles. The summed E-state index contributed by atoms with van der Waals surface area (Å²) in [5, 5.41) is 9.13. The molecule has 0 heterocycles. The molecule has 1 N–H and O–H groups in total. The van der Waals surface area contributed by atoms with E-state index in [1.807, 2.05) is 24.3 Å². The quantitative estimate of drug-likeness (QED) is 0.663. The van der Waals surface area contributed by atoms with Crippen LogP contribution in [0.5, 0.6) is 5.75 Å².